The van der Waals surface area contributed by atoms with E-state index in [0.29, 0.717) is 30.8 Å². The number of imidazole rings is 1. The smallest absolute Gasteiger partial charge is 0.328 e. The quantitative estimate of drug-likeness (QED) is 0.465. The van der Waals surface area contributed by atoms with E-state index in [-0.39, 0.29) is 11.7 Å². The van der Waals surface area contributed by atoms with Crippen LogP contribution in [-0.4, -0.2) is 59.1 Å². The summed E-state index contributed by atoms with van der Waals surface area (Å²) < 4.78 is 1.94. The number of carbonyl (C=O) groups excluding carboxylic acids is 1. The Morgan fingerprint density at radius 3 is 2.48 bits per heavy atom. The molecule has 1 amide bonds. The van der Waals surface area contributed by atoms with Crippen LogP contribution in [0.25, 0.3) is 10.9 Å². The van der Waals surface area contributed by atoms with E-state index in [1.165, 1.54) is 0 Å². The van der Waals surface area contributed by atoms with Crippen molar-refractivity contribution in [3.05, 3.63) is 59.3 Å². The van der Waals surface area contributed by atoms with Crippen molar-refractivity contribution in [1.29, 1.82) is 0 Å². The molecule has 0 radical (unpaired) electrons. The van der Waals surface area contributed by atoms with E-state index >= 15 is 0 Å². The lowest BCUT2D eigenvalue weighted by molar-refractivity contribution is -0.134. The monoisotopic (exact) mass is 426 g/mol. The summed E-state index contributed by atoms with van der Waals surface area (Å²) in [7, 11) is 1.90. The first-order valence-electron chi connectivity index (χ1n) is 9.42. The lowest BCUT2D eigenvalue weighted by Gasteiger charge is -2.27. The average Bonchev–Trinajstić information content (AvgIpc) is 3.25. The number of phenolic OH excluding ortho intramolecular Hbond substituents is 1. The lowest BCUT2D eigenvalue weighted by atomic mass is 10.0. The van der Waals surface area contributed by atoms with Crippen molar-refractivity contribution in [2.75, 3.05) is 6.54 Å². The summed E-state index contributed by atoms with van der Waals surface area (Å²) in [6, 6.07) is 5.33. The third-order valence-corrected chi connectivity index (χ3v) is 5.08. The van der Waals surface area contributed by atoms with Crippen LogP contribution < -0.4 is 0 Å². The number of aromatic hydroxyl groups is 1. The summed E-state index contributed by atoms with van der Waals surface area (Å²) in [5.74, 6) is -2.30. The highest BCUT2D eigenvalue weighted by Crippen LogP contribution is 2.34. The first-order chi connectivity index (χ1) is 14.7. The van der Waals surface area contributed by atoms with Gasteiger partial charge in [-0.2, -0.15) is 0 Å². The van der Waals surface area contributed by atoms with E-state index in [9.17, 15) is 19.5 Å². The Bertz CT molecular complexity index is 1170. The molecule has 1 aliphatic heterocycles. The van der Waals surface area contributed by atoms with Crippen molar-refractivity contribution in [2.45, 2.75) is 19.9 Å². The fourth-order valence-corrected chi connectivity index (χ4v) is 3.60. The molecule has 0 atom stereocenters. The predicted octanol–water partition coefficient (Wildman–Crippen LogP) is 1.83. The number of aryl methyl sites for hydroxylation is 2. The van der Waals surface area contributed by atoms with E-state index < -0.39 is 11.9 Å². The Morgan fingerprint density at radius 2 is 1.90 bits per heavy atom. The summed E-state index contributed by atoms with van der Waals surface area (Å²) in [6.07, 6.45) is 3.54. The summed E-state index contributed by atoms with van der Waals surface area (Å²) in [5.41, 5.74) is 4.30. The Balaban J connectivity index is 0.000000293. The zero-order valence-electron chi connectivity index (χ0n) is 17.0. The standard InChI is InChI=1S/C17H18N4O2.C4H4O4/c1-10-12(19-9-18-10)8-21-7-6-13-15(17(21)23)11-4-3-5-14(22)16(11)20(13)2;5-3(6)1-2-4(7)8/h3-5,9,22H,6-8H2,1-2H3,(H,18,19);1-2H,(H,5,6)(H,7,8). The molecule has 162 valence electrons. The molecule has 3 heterocycles. The highest BCUT2D eigenvalue weighted by atomic mass is 16.4. The molecule has 0 spiro atoms. The first kappa shape index (κ1) is 21.6. The van der Waals surface area contributed by atoms with Crippen LogP contribution in [-0.2, 0) is 29.6 Å². The number of aromatic nitrogens is 3. The number of carbonyl (C=O) groups is 3. The summed E-state index contributed by atoms with van der Waals surface area (Å²) in [5, 5.41) is 26.6. The molecule has 4 rings (SSSR count). The Labute approximate surface area is 177 Å². The SMILES string of the molecule is Cc1[nH]cnc1CN1CCc2c(c3cccc(O)c3n2C)C1=O.O=C(O)C=CC(=O)O. The topological polar surface area (TPSA) is 149 Å². The van der Waals surface area contributed by atoms with Gasteiger partial charge in [-0.05, 0) is 13.0 Å². The molecule has 0 fully saturated rings. The van der Waals surface area contributed by atoms with Gasteiger partial charge < -0.3 is 29.8 Å². The van der Waals surface area contributed by atoms with Crippen molar-refractivity contribution in [3.8, 4) is 5.75 Å². The maximum atomic E-state index is 13.0. The van der Waals surface area contributed by atoms with E-state index in [0.717, 1.165) is 34.4 Å². The highest BCUT2D eigenvalue weighted by molar-refractivity contribution is 6.10. The lowest BCUT2D eigenvalue weighted by Crippen LogP contribution is -2.37. The number of hydrogen-bond donors (Lipinski definition) is 4. The minimum Gasteiger partial charge on any atom is -0.506 e. The number of nitrogens with zero attached hydrogens (tertiary/aromatic N) is 3. The molecule has 10 heteroatoms. The zero-order valence-corrected chi connectivity index (χ0v) is 17.0. The number of nitrogens with one attached hydrogen (secondary N) is 1. The van der Waals surface area contributed by atoms with Crippen molar-refractivity contribution >= 4 is 28.7 Å². The van der Waals surface area contributed by atoms with Crippen LogP contribution >= 0.6 is 0 Å². The number of amides is 1. The molecule has 31 heavy (non-hydrogen) atoms. The summed E-state index contributed by atoms with van der Waals surface area (Å²) in [4.78, 5) is 41.3. The van der Waals surface area contributed by atoms with Crippen LogP contribution in [0.3, 0.4) is 0 Å². The van der Waals surface area contributed by atoms with E-state index in [1.54, 1.807) is 18.5 Å². The van der Waals surface area contributed by atoms with Crippen molar-refractivity contribution < 1.29 is 29.7 Å². The molecule has 0 bridgehead atoms. The van der Waals surface area contributed by atoms with Gasteiger partial charge in [0.1, 0.15) is 5.75 Å². The molecular formula is C21H22N4O6. The normalized spacial score (nSPS) is 13.2. The summed E-state index contributed by atoms with van der Waals surface area (Å²) in [6.45, 7) is 3.12. The molecule has 3 aromatic rings. The van der Waals surface area contributed by atoms with Gasteiger partial charge in [-0.15, -0.1) is 0 Å². The number of hydrogen-bond acceptors (Lipinski definition) is 5. The van der Waals surface area contributed by atoms with Crippen LogP contribution in [0.15, 0.2) is 36.7 Å². The van der Waals surface area contributed by atoms with Crippen LogP contribution in [0, 0.1) is 6.92 Å². The van der Waals surface area contributed by atoms with Gasteiger partial charge in [0, 0.05) is 48.9 Å². The van der Waals surface area contributed by atoms with Crippen LogP contribution in [0.2, 0.25) is 0 Å². The van der Waals surface area contributed by atoms with Gasteiger partial charge in [0.2, 0.25) is 0 Å². The predicted molar refractivity (Wildman–Crippen MR) is 111 cm³/mol. The fraction of sp³-hybridized carbons (Fsp3) is 0.238. The van der Waals surface area contributed by atoms with E-state index in [1.807, 2.05) is 29.5 Å². The fourth-order valence-electron chi connectivity index (χ4n) is 3.60. The highest BCUT2D eigenvalue weighted by Gasteiger charge is 2.31. The largest absolute Gasteiger partial charge is 0.506 e. The number of para-hydroxylation sites is 1. The Hall–Kier alpha value is -4.08. The van der Waals surface area contributed by atoms with Gasteiger partial charge in [-0.1, -0.05) is 12.1 Å². The van der Waals surface area contributed by atoms with Gasteiger partial charge in [0.25, 0.3) is 5.91 Å². The molecule has 1 aromatic carbocycles. The summed E-state index contributed by atoms with van der Waals surface area (Å²) >= 11 is 0. The minimum atomic E-state index is -1.26. The number of carboxylic acids is 2. The molecule has 0 aliphatic carbocycles. The molecule has 0 unspecified atom stereocenters. The number of aliphatic carboxylic acids is 2. The second-order valence-electron chi connectivity index (χ2n) is 7.01. The zero-order chi connectivity index (χ0) is 22.7. The molecule has 4 N–H and O–H groups in total. The molecule has 2 aromatic heterocycles. The molecule has 0 saturated heterocycles. The number of aromatic amines is 1. The number of carboxylic acid groups (broad SMARTS) is 2. The first-order valence-corrected chi connectivity index (χ1v) is 9.42. The Kier molecular flexibility index (Phi) is 6.10. The second kappa shape index (κ2) is 8.74. The van der Waals surface area contributed by atoms with E-state index in [4.69, 9.17) is 10.2 Å². The van der Waals surface area contributed by atoms with Gasteiger partial charge in [-0.25, -0.2) is 14.6 Å². The van der Waals surface area contributed by atoms with Crippen LogP contribution in [0.5, 0.6) is 5.75 Å². The molecule has 1 aliphatic rings. The number of H-pyrrole nitrogens is 1. The Morgan fingerprint density at radius 1 is 1.23 bits per heavy atom. The third kappa shape index (κ3) is 4.42. The minimum absolute atomic E-state index is 0.00449. The van der Waals surface area contributed by atoms with Gasteiger partial charge in [0.15, 0.2) is 0 Å². The van der Waals surface area contributed by atoms with Crippen molar-refractivity contribution in [3.63, 3.8) is 0 Å². The second-order valence-corrected chi connectivity index (χ2v) is 7.01. The maximum Gasteiger partial charge on any atom is 0.328 e. The number of benzene rings is 1. The average molecular weight is 426 g/mol. The van der Waals surface area contributed by atoms with Crippen molar-refractivity contribution in [2.24, 2.45) is 7.05 Å². The van der Waals surface area contributed by atoms with Crippen molar-refractivity contribution in [1.82, 2.24) is 19.4 Å². The van der Waals surface area contributed by atoms with Gasteiger partial charge >= 0.3 is 11.9 Å². The molecule has 0 saturated carbocycles. The molecule has 10 nitrogen and oxygen atoms in total. The molecular weight excluding hydrogens is 404 g/mol. The van der Waals surface area contributed by atoms with Crippen LogP contribution in [0.4, 0.5) is 0 Å². The third-order valence-electron chi connectivity index (χ3n) is 5.08. The van der Waals surface area contributed by atoms with E-state index in [2.05, 4.69) is 9.97 Å². The van der Waals surface area contributed by atoms with Gasteiger partial charge in [-0.3, -0.25) is 4.79 Å². The van der Waals surface area contributed by atoms with Crippen LogP contribution in [0.1, 0.15) is 27.4 Å². The number of fused-ring (bicyclic) bond motifs is 3. The van der Waals surface area contributed by atoms with Gasteiger partial charge in [0.05, 0.1) is 29.6 Å². The maximum absolute atomic E-state index is 13.0. The number of rotatable bonds is 4. The number of phenols is 1.